The van der Waals surface area contributed by atoms with E-state index < -0.39 is 0 Å². The maximum atomic E-state index is 13.5. The van der Waals surface area contributed by atoms with E-state index in [2.05, 4.69) is 48.0 Å². The van der Waals surface area contributed by atoms with Crippen LogP contribution in [0.15, 0.2) is 30.3 Å². The second kappa shape index (κ2) is 5.64. The lowest BCUT2D eigenvalue weighted by atomic mass is 9.97. The zero-order chi connectivity index (χ0) is 14.2. The van der Waals surface area contributed by atoms with Gasteiger partial charge >= 0.3 is 0 Å². The number of hydrogen-bond donors (Lipinski definition) is 0. The fraction of sp³-hybridized carbons (Fsp3) is 0.250. The van der Waals surface area contributed by atoms with Crippen molar-refractivity contribution in [2.24, 2.45) is 0 Å². The minimum atomic E-state index is -0.269. The predicted octanol–water partition coefficient (Wildman–Crippen LogP) is 5.89. The molecule has 0 saturated heterocycles. The van der Waals surface area contributed by atoms with Gasteiger partial charge in [0.25, 0.3) is 0 Å². The first-order valence-corrected chi connectivity index (χ1v) is 7.36. The van der Waals surface area contributed by atoms with Crippen LogP contribution in [0.1, 0.15) is 32.6 Å². The van der Waals surface area contributed by atoms with Crippen LogP contribution in [0.2, 0.25) is 5.02 Å². The number of alkyl halides is 1. The molecule has 2 aromatic carbocycles. The Kier molecular flexibility index (Phi) is 4.32. The SMILES string of the molecule is Cc1ccc(C(Br)c2cc(C)c(F)cc2Cl)c(C)c1. The lowest BCUT2D eigenvalue weighted by Gasteiger charge is -2.16. The van der Waals surface area contributed by atoms with Crippen LogP contribution in [0.3, 0.4) is 0 Å². The molecule has 0 radical (unpaired) electrons. The van der Waals surface area contributed by atoms with Crippen LogP contribution in [0.4, 0.5) is 4.39 Å². The topological polar surface area (TPSA) is 0 Å². The normalized spacial score (nSPS) is 12.5. The molecule has 0 aliphatic heterocycles. The first-order valence-electron chi connectivity index (χ1n) is 6.07. The summed E-state index contributed by atoms with van der Waals surface area (Å²) in [4.78, 5) is -0.0279. The van der Waals surface area contributed by atoms with Gasteiger partial charge in [0.2, 0.25) is 0 Å². The summed E-state index contributed by atoms with van der Waals surface area (Å²) in [6.45, 7) is 5.88. The van der Waals surface area contributed by atoms with Crippen LogP contribution in [0.25, 0.3) is 0 Å². The molecule has 100 valence electrons. The van der Waals surface area contributed by atoms with Crippen LogP contribution in [-0.4, -0.2) is 0 Å². The second-order valence-electron chi connectivity index (χ2n) is 4.85. The summed E-state index contributed by atoms with van der Waals surface area (Å²) in [7, 11) is 0. The Morgan fingerprint density at radius 1 is 1.00 bits per heavy atom. The van der Waals surface area contributed by atoms with E-state index in [0.717, 1.165) is 11.1 Å². The van der Waals surface area contributed by atoms with Gasteiger partial charge < -0.3 is 0 Å². The highest BCUT2D eigenvalue weighted by atomic mass is 79.9. The molecule has 19 heavy (non-hydrogen) atoms. The summed E-state index contributed by atoms with van der Waals surface area (Å²) >= 11 is 9.83. The Bertz CT molecular complexity index is 622. The van der Waals surface area contributed by atoms with E-state index in [1.54, 1.807) is 13.0 Å². The van der Waals surface area contributed by atoms with Crippen molar-refractivity contribution in [2.75, 3.05) is 0 Å². The molecular formula is C16H15BrClF. The van der Waals surface area contributed by atoms with Gasteiger partial charge in [-0.3, -0.25) is 0 Å². The molecule has 0 bridgehead atoms. The van der Waals surface area contributed by atoms with Crippen molar-refractivity contribution in [1.82, 2.24) is 0 Å². The average Bonchev–Trinajstić information content (AvgIpc) is 2.33. The van der Waals surface area contributed by atoms with E-state index >= 15 is 0 Å². The van der Waals surface area contributed by atoms with Crippen LogP contribution in [-0.2, 0) is 0 Å². The Balaban J connectivity index is 2.49. The average molecular weight is 342 g/mol. The third kappa shape index (κ3) is 3.01. The zero-order valence-corrected chi connectivity index (χ0v) is 13.4. The molecule has 1 atom stereocenters. The molecule has 0 heterocycles. The lowest BCUT2D eigenvalue weighted by molar-refractivity contribution is 0.618. The van der Waals surface area contributed by atoms with Gasteiger partial charge in [-0.1, -0.05) is 57.4 Å². The summed E-state index contributed by atoms with van der Waals surface area (Å²) < 4.78 is 13.5. The quantitative estimate of drug-likeness (QED) is 0.598. The molecule has 0 aliphatic rings. The van der Waals surface area contributed by atoms with Crippen molar-refractivity contribution >= 4 is 27.5 Å². The van der Waals surface area contributed by atoms with Gasteiger partial charge in [0.05, 0.1) is 4.83 Å². The smallest absolute Gasteiger partial charge is 0.127 e. The lowest BCUT2D eigenvalue weighted by Crippen LogP contribution is -1.99. The molecule has 0 aliphatic carbocycles. The monoisotopic (exact) mass is 340 g/mol. The van der Waals surface area contributed by atoms with Gasteiger partial charge in [0, 0.05) is 5.02 Å². The Morgan fingerprint density at radius 3 is 2.32 bits per heavy atom. The van der Waals surface area contributed by atoms with Crippen molar-refractivity contribution in [1.29, 1.82) is 0 Å². The Hall–Kier alpha value is -0.860. The fourth-order valence-electron chi connectivity index (χ4n) is 2.15. The van der Waals surface area contributed by atoms with E-state index in [0.29, 0.717) is 10.6 Å². The molecular weight excluding hydrogens is 327 g/mol. The molecule has 2 rings (SSSR count). The van der Waals surface area contributed by atoms with Crippen LogP contribution in [0, 0.1) is 26.6 Å². The maximum absolute atomic E-state index is 13.5. The summed E-state index contributed by atoms with van der Waals surface area (Å²) in [6, 6.07) is 9.47. The molecule has 3 heteroatoms. The van der Waals surface area contributed by atoms with Gasteiger partial charge in [0.1, 0.15) is 5.82 Å². The Labute approximate surface area is 126 Å². The fourth-order valence-corrected chi connectivity index (χ4v) is 3.44. The van der Waals surface area contributed by atoms with E-state index in [4.69, 9.17) is 11.6 Å². The van der Waals surface area contributed by atoms with Crippen LogP contribution < -0.4 is 0 Å². The molecule has 1 unspecified atom stereocenters. The minimum Gasteiger partial charge on any atom is -0.207 e. The van der Waals surface area contributed by atoms with Gasteiger partial charge in [-0.2, -0.15) is 0 Å². The number of rotatable bonds is 2. The van der Waals surface area contributed by atoms with Gasteiger partial charge in [0.15, 0.2) is 0 Å². The summed E-state index contributed by atoms with van der Waals surface area (Å²) in [5, 5.41) is 0.449. The second-order valence-corrected chi connectivity index (χ2v) is 6.17. The minimum absolute atomic E-state index is 0.0279. The van der Waals surface area contributed by atoms with Gasteiger partial charge in [-0.15, -0.1) is 0 Å². The molecule has 0 aromatic heterocycles. The van der Waals surface area contributed by atoms with Crippen LogP contribution in [0.5, 0.6) is 0 Å². The highest BCUT2D eigenvalue weighted by Gasteiger charge is 2.17. The standard InChI is InChI=1S/C16H15BrClF/c1-9-4-5-12(10(2)6-9)16(17)13-7-11(3)15(19)8-14(13)18/h4-8,16H,1-3H3. The third-order valence-electron chi connectivity index (χ3n) is 3.25. The first kappa shape index (κ1) is 14.5. The molecule has 2 aromatic rings. The number of halogens is 3. The van der Waals surface area contributed by atoms with Gasteiger partial charge in [-0.25, -0.2) is 4.39 Å². The van der Waals surface area contributed by atoms with Crippen LogP contribution >= 0.6 is 27.5 Å². The number of aryl methyl sites for hydroxylation is 3. The van der Waals surface area contributed by atoms with E-state index in [1.165, 1.54) is 17.2 Å². The van der Waals surface area contributed by atoms with Crippen molar-refractivity contribution in [2.45, 2.75) is 25.6 Å². The molecule has 0 nitrogen and oxygen atoms in total. The summed E-state index contributed by atoms with van der Waals surface area (Å²) in [5.41, 5.74) is 5.07. The van der Waals surface area contributed by atoms with Crippen molar-refractivity contribution in [3.8, 4) is 0 Å². The zero-order valence-electron chi connectivity index (χ0n) is 11.1. The van der Waals surface area contributed by atoms with Crippen molar-refractivity contribution in [3.63, 3.8) is 0 Å². The Morgan fingerprint density at radius 2 is 1.68 bits per heavy atom. The molecule has 0 N–H and O–H groups in total. The highest BCUT2D eigenvalue weighted by molar-refractivity contribution is 9.09. The molecule has 0 saturated carbocycles. The molecule has 0 amide bonds. The maximum Gasteiger partial charge on any atom is 0.127 e. The summed E-state index contributed by atoms with van der Waals surface area (Å²) in [6.07, 6.45) is 0. The third-order valence-corrected chi connectivity index (χ3v) is 4.56. The van der Waals surface area contributed by atoms with Crippen molar-refractivity contribution in [3.05, 3.63) is 69.0 Å². The van der Waals surface area contributed by atoms with E-state index in [9.17, 15) is 4.39 Å². The molecule has 0 spiro atoms. The molecule has 0 fully saturated rings. The predicted molar refractivity (Wildman–Crippen MR) is 82.8 cm³/mol. The van der Waals surface area contributed by atoms with E-state index in [1.807, 2.05) is 0 Å². The number of hydrogen-bond acceptors (Lipinski definition) is 0. The number of benzene rings is 2. The van der Waals surface area contributed by atoms with E-state index in [-0.39, 0.29) is 10.6 Å². The largest absolute Gasteiger partial charge is 0.207 e. The highest BCUT2D eigenvalue weighted by Crippen LogP contribution is 2.37. The van der Waals surface area contributed by atoms with Gasteiger partial charge in [-0.05, 0) is 49.1 Å². The summed E-state index contributed by atoms with van der Waals surface area (Å²) in [5.74, 6) is -0.269. The first-order chi connectivity index (χ1) is 8.90. The van der Waals surface area contributed by atoms with Crippen molar-refractivity contribution < 1.29 is 4.39 Å².